The number of hydrogen-bond donors (Lipinski definition) is 2. The summed E-state index contributed by atoms with van der Waals surface area (Å²) >= 11 is 0. The third-order valence-electron chi connectivity index (χ3n) is 3.76. The standard InChI is InChI=1S/C15H17N3O/c1-10-4-2-3-5-12(10)18-15(19)11-6-7-13-14(8-11)17-9-16-13/h2-5,9,11H,6-8H2,1H3,(H,16,17)(H,18,19). The molecule has 19 heavy (non-hydrogen) atoms. The Bertz CT molecular complexity index is 603. The van der Waals surface area contributed by atoms with Gasteiger partial charge in [-0.3, -0.25) is 4.79 Å². The van der Waals surface area contributed by atoms with Crippen LogP contribution in [0.2, 0.25) is 0 Å². The average Bonchev–Trinajstić information content (AvgIpc) is 2.88. The van der Waals surface area contributed by atoms with Crippen molar-refractivity contribution in [2.45, 2.75) is 26.2 Å². The second kappa shape index (κ2) is 4.88. The number of nitrogens with zero attached hydrogens (tertiary/aromatic N) is 1. The zero-order valence-corrected chi connectivity index (χ0v) is 10.9. The number of fused-ring (bicyclic) bond motifs is 1. The van der Waals surface area contributed by atoms with Gasteiger partial charge in [0, 0.05) is 23.7 Å². The normalized spacial score (nSPS) is 17.8. The highest BCUT2D eigenvalue weighted by atomic mass is 16.1. The lowest BCUT2D eigenvalue weighted by Crippen LogP contribution is -2.28. The van der Waals surface area contributed by atoms with Crippen molar-refractivity contribution in [3.63, 3.8) is 0 Å². The molecule has 1 aromatic carbocycles. The van der Waals surface area contributed by atoms with Crippen LogP contribution in [0, 0.1) is 12.8 Å². The maximum atomic E-state index is 12.3. The van der Waals surface area contributed by atoms with E-state index in [1.807, 2.05) is 31.2 Å². The molecule has 3 rings (SSSR count). The molecular weight excluding hydrogens is 238 g/mol. The Balaban J connectivity index is 1.71. The van der Waals surface area contributed by atoms with Gasteiger partial charge < -0.3 is 10.3 Å². The van der Waals surface area contributed by atoms with E-state index in [2.05, 4.69) is 15.3 Å². The number of hydrogen-bond acceptors (Lipinski definition) is 2. The second-order valence-electron chi connectivity index (χ2n) is 5.07. The molecule has 1 aliphatic carbocycles. The first kappa shape index (κ1) is 12.0. The fourth-order valence-electron chi connectivity index (χ4n) is 2.57. The Morgan fingerprint density at radius 2 is 2.26 bits per heavy atom. The fourth-order valence-corrected chi connectivity index (χ4v) is 2.57. The maximum absolute atomic E-state index is 12.3. The summed E-state index contributed by atoms with van der Waals surface area (Å²) in [6, 6.07) is 7.86. The molecule has 0 radical (unpaired) electrons. The summed E-state index contributed by atoms with van der Waals surface area (Å²) in [7, 11) is 0. The highest BCUT2D eigenvalue weighted by Gasteiger charge is 2.26. The SMILES string of the molecule is Cc1ccccc1NC(=O)C1CCc2nc[nH]c2C1. The first-order chi connectivity index (χ1) is 9.24. The number of rotatable bonds is 2. The van der Waals surface area contributed by atoms with E-state index < -0.39 is 0 Å². The molecule has 4 heteroatoms. The third-order valence-corrected chi connectivity index (χ3v) is 3.76. The van der Waals surface area contributed by atoms with Crippen molar-refractivity contribution >= 4 is 11.6 Å². The highest BCUT2D eigenvalue weighted by molar-refractivity contribution is 5.93. The number of imidazole rings is 1. The van der Waals surface area contributed by atoms with E-state index in [4.69, 9.17) is 0 Å². The number of aromatic nitrogens is 2. The molecule has 0 aliphatic heterocycles. The van der Waals surface area contributed by atoms with Crippen molar-refractivity contribution in [3.05, 3.63) is 47.5 Å². The van der Waals surface area contributed by atoms with Gasteiger partial charge in [-0.15, -0.1) is 0 Å². The van der Waals surface area contributed by atoms with Crippen LogP contribution in [0.1, 0.15) is 23.4 Å². The molecule has 98 valence electrons. The Morgan fingerprint density at radius 3 is 3.11 bits per heavy atom. The summed E-state index contributed by atoms with van der Waals surface area (Å²) in [5.41, 5.74) is 4.22. The summed E-state index contributed by atoms with van der Waals surface area (Å²) in [4.78, 5) is 19.7. The van der Waals surface area contributed by atoms with Crippen LogP contribution in [0.5, 0.6) is 0 Å². The number of benzene rings is 1. The van der Waals surface area contributed by atoms with E-state index in [9.17, 15) is 4.79 Å². The monoisotopic (exact) mass is 255 g/mol. The van der Waals surface area contributed by atoms with Crippen molar-refractivity contribution in [3.8, 4) is 0 Å². The molecule has 4 nitrogen and oxygen atoms in total. The van der Waals surface area contributed by atoms with Gasteiger partial charge in [-0.25, -0.2) is 4.98 Å². The number of para-hydroxylation sites is 1. The minimum atomic E-state index is 0.0348. The van der Waals surface area contributed by atoms with Crippen LogP contribution in [0.4, 0.5) is 5.69 Å². The highest BCUT2D eigenvalue weighted by Crippen LogP contribution is 2.24. The predicted octanol–water partition coefficient (Wildman–Crippen LogP) is 2.46. The first-order valence-electron chi connectivity index (χ1n) is 6.61. The summed E-state index contributed by atoms with van der Waals surface area (Å²) < 4.78 is 0. The Hall–Kier alpha value is -2.10. The summed E-state index contributed by atoms with van der Waals surface area (Å²) in [6.07, 6.45) is 4.22. The van der Waals surface area contributed by atoms with Gasteiger partial charge in [0.25, 0.3) is 0 Å². The van der Waals surface area contributed by atoms with Gasteiger partial charge in [0.1, 0.15) is 0 Å². The van der Waals surface area contributed by atoms with Crippen LogP contribution in [0.3, 0.4) is 0 Å². The predicted molar refractivity (Wildman–Crippen MR) is 73.9 cm³/mol. The van der Waals surface area contributed by atoms with Crippen LogP contribution < -0.4 is 5.32 Å². The molecule has 0 saturated carbocycles. The van der Waals surface area contributed by atoms with Gasteiger partial charge in [0.15, 0.2) is 0 Å². The van der Waals surface area contributed by atoms with Crippen LogP contribution in [-0.4, -0.2) is 15.9 Å². The lowest BCUT2D eigenvalue weighted by Gasteiger charge is -2.21. The van der Waals surface area contributed by atoms with Crippen LogP contribution >= 0.6 is 0 Å². The number of carbonyl (C=O) groups excluding carboxylic acids is 1. The van der Waals surface area contributed by atoms with E-state index in [1.165, 1.54) is 0 Å². The molecule has 2 N–H and O–H groups in total. The zero-order valence-electron chi connectivity index (χ0n) is 10.9. The Labute approximate surface area is 112 Å². The van der Waals surface area contributed by atoms with Gasteiger partial charge in [0.2, 0.25) is 5.91 Å². The van der Waals surface area contributed by atoms with Gasteiger partial charge in [0.05, 0.1) is 12.0 Å². The minimum absolute atomic E-state index is 0.0348. The van der Waals surface area contributed by atoms with E-state index in [0.717, 1.165) is 41.9 Å². The number of amides is 1. The number of nitrogens with one attached hydrogen (secondary N) is 2. The Morgan fingerprint density at radius 1 is 1.42 bits per heavy atom. The van der Waals surface area contributed by atoms with Crippen molar-refractivity contribution in [1.29, 1.82) is 0 Å². The number of aromatic amines is 1. The van der Waals surface area contributed by atoms with Gasteiger partial charge in [-0.1, -0.05) is 18.2 Å². The van der Waals surface area contributed by atoms with Gasteiger partial charge >= 0.3 is 0 Å². The van der Waals surface area contributed by atoms with Gasteiger partial charge in [-0.2, -0.15) is 0 Å². The van der Waals surface area contributed by atoms with E-state index >= 15 is 0 Å². The molecule has 0 bridgehead atoms. The van der Waals surface area contributed by atoms with Crippen molar-refractivity contribution in [2.75, 3.05) is 5.32 Å². The van der Waals surface area contributed by atoms with Crippen molar-refractivity contribution in [2.24, 2.45) is 5.92 Å². The van der Waals surface area contributed by atoms with Crippen LogP contribution in [-0.2, 0) is 17.6 Å². The molecule has 0 spiro atoms. The van der Waals surface area contributed by atoms with Crippen LogP contribution in [0.15, 0.2) is 30.6 Å². The molecule has 0 saturated heterocycles. The van der Waals surface area contributed by atoms with E-state index in [-0.39, 0.29) is 11.8 Å². The molecule has 2 aromatic rings. The van der Waals surface area contributed by atoms with Gasteiger partial charge in [-0.05, 0) is 31.4 Å². The van der Waals surface area contributed by atoms with E-state index in [0.29, 0.717) is 0 Å². The summed E-state index contributed by atoms with van der Waals surface area (Å²) in [6.45, 7) is 2.00. The summed E-state index contributed by atoms with van der Waals surface area (Å²) in [5.74, 6) is 0.141. The molecule has 1 amide bonds. The van der Waals surface area contributed by atoms with E-state index in [1.54, 1.807) is 6.33 Å². The van der Waals surface area contributed by atoms with Crippen molar-refractivity contribution < 1.29 is 4.79 Å². The molecule has 1 atom stereocenters. The first-order valence-corrected chi connectivity index (χ1v) is 6.61. The molecular formula is C15H17N3O. The second-order valence-corrected chi connectivity index (χ2v) is 5.07. The zero-order chi connectivity index (χ0) is 13.2. The third kappa shape index (κ3) is 2.38. The fraction of sp³-hybridized carbons (Fsp3) is 0.333. The van der Waals surface area contributed by atoms with Crippen LogP contribution in [0.25, 0.3) is 0 Å². The molecule has 1 heterocycles. The number of aryl methyl sites for hydroxylation is 2. The molecule has 0 fully saturated rings. The average molecular weight is 255 g/mol. The topological polar surface area (TPSA) is 57.8 Å². The minimum Gasteiger partial charge on any atom is -0.348 e. The maximum Gasteiger partial charge on any atom is 0.227 e. The summed E-state index contributed by atoms with van der Waals surface area (Å²) in [5, 5.41) is 3.03. The number of carbonyl (C=O) groups is 1. The Kier molecular flexibility index (Phi) is 3.07. The molecule has 1 aliphatic rings. The lowest BCUT2D eigenvalue weighted by atomic mass is 9.89. The quantitative estimate of drug-likeness (QED) is 0.866. The largest absolute Gasteiger partial charge is 0.348 e. The smallest absolute Gasteiger partial charge is 0.227 e. The number of anilines is 1. The molecule has 1 aromatic heterocycles. The number of H-pyrrole nitrogens is 1. The lowest BCUT2D eigenvalue weighted by molar-refractivity contribution is -0.120. The van der Waals surface area contributed by atoms with Crippen molar-refractivity contribution in [1.82, 2.24) is 9.97 Å². The molecule has 1 unspecified atom stereocenters.